The summed E-state index contributed by atoms with van der Waals surface area (Å²) < 4.78 is 0. The van der Waals surface area contributed by atoms with Gasteiger partial charge >= 0.3 is 0 Å². The van der Waals surface area contributed by atoms with Gasteiger partial charge in [0.15, 0.2) is 0 Å². The Hall–Kier alpha value is -0.560. The Balaban J connectivity index is 2.08. The van der Waals surface area contributed by atoms with Crippen LogP contribution in [0.25, 0.3) is 0 Å². The van der Waals surface area contributed by atoms with Gasteiger partial charge in [0.2, 0.25) is 0 Å². The fourth-order valence-corrected chi connectivity index (χ4v) is 1.83. The standard InChI is InChI=1S/C11H21N3/c1-4-6-12-7-9-14-8-5-11(10-14)13(2)3/h1,11-12H,5-10H2,2-3H3. The van der Waals surface area contributed by atoms with Gasteiger partial charge in [0.1, 0.15) is 0 Å². The van der Waals surface area contributed by atoms with Gasteiger partial charge in [-0.3, -0.25) is 0 Å². The minimum absolute atomic E-state index is 0.685. The molecule has 3 nitrogen and oxygen atoms in total. The van der Waals surface area contributed by atoms with E-state index in [1.807, 2.05) is 0 Å². The van der Waals surface area contributed by atoms with E-state index in [9.17, 15) is 0 Å². The van der Waals surface area contributed by atoms with Crippen LogP contribution in [0.3, 0.4) is 0 Å². The third kappa shape index (κ3) is 3.67. The van der Waals surface area contributed by atoms with Crippen molar-refractivity contribution < 1.29 is 0 Å². The quantitative estimate of drug-likeness (QED) is 0.486. The molecule has 1 aliphatic rings. The summed E-state index contributed by atoms with van der Waals surface area (Å²) in [5, 5.41) is 3.21. The lowest BCUT2D eigenvalue weighted by molar-refractivity contribution is 0.269. The zero-order valence-corrected chi connectivity index (χ0v) is 9.29. The molecular formula is C11H21N3. The topological polar surface area (TPSA) is 18.5 Å². The Labute approximate surface area is 87.5 Å². The first-order valence-electron chi connectivity index (χ1n) is 5.27. The van der Waals surface area contributed by atoms with Crippen molar-refractivity contribution in [3.8, 4) is 12.3 Å². The molecule has 1 saturated heterocycles. The van der Waals surface area contributed by atoms with Crippen LogP contribution in [-0.2, 0) is 0 Å². The van der Waals surface area contributed by atoms with Crippen LogP contribution in [-0.4, -0.2) is 62.7 Å². The molecule has 1 fully saturated rings. The maximum atomic E-state index is 5.15. The molecule has 0 aromatic carbocycles. The van der Waals surface area contributed by atoms with E-state index in [0.29, 0.717) is 6.54 Å². The third-order valence-corrected chi connectivity index (χ3v) is 2.81. The number of terminal acetylenes is 1. The zero-order valence-electron chi connectivity index (χ0n) is 9.29. The Morgan fingerprint density at radius 3 is 2.93 bits per heavy atom. The molecule has 3 heteroatoms. The monoisotopic (exact) mass is 195 g/mol. The molecule has 0 radical (unpaired) electrons. The molecule has 1 N–H and O–H groups in total. The average Bonchev–Trinajstić information content (AvgIpc) is 2.61. The minimum Gasteiger partial charge on any atom is -0.305 e. The summed E-state index contributed by atoms with van der Waals surface area (Å²) in [6, 6.07) is 0.739. The van der Waals surface area contributed by atoms with Gasteiger partial charge < -0.3 is 15.1 Å². The first-order chi connectivity index (χ1) is 6.74. The van der Waals surface area contributed by atoms with Crippen molar-refractivity contribution in [2.24, 2.45) is 0 Å². The summed E-state index contributed by atoms with van der Waals surface area (Å²) in [5.74, 6) is 2.58. The van der Waals surface area contributed by atoms with Crippen LogP contribution in [0.15, 0.2) is 0 Å². The van der Waals surface area contributed by atoms with Gasteiger partial charge in [0.25, 0.3) is 0 Å². The van der Waals surface area contributed by atoms with Crippen molar-refractivity contribution >= 4 is 0 Å². The second kappa shape index (κ2) is 6.02. The van der Waals surface area contributed by atoms with Crippen LogP contribution in [0.5, 0.6) is 0 Å². The molecule has 0 amide bonds. The Morgan fingerprint density at radius 2 is 2.36 bits per heavy atom. The normalized spacial score (nSPS) is 22.9. The summed E-state index contributed by atoms with van der Waals surface area (Å²) in [6.45, 7) is 5.23. The second-order valence-electron chi connectivity index (χ2n) is 4.09. The lowest BCUT2D eigenvalue weighted by Gasteiger charge is -2.20. The van der Waals surface area contributed by atoms with Gasteiger partial charge in [-0.05, 0) is 27.1 Å². The van der Waals surface area contributed by atoms with Crippen molar-refractivity contribution in [3.05, 3.63) is 0 Å². The van der Waals surface area contributed by atoms with Crippen LogP contribution in [0.1, 0.15) is 6.42 Å². The molecule has 0 aromatic heterocycles. The summed E-state index contributed by atoms with van der Waals surface area (Å²) in [5.41, 5.74) is 0. The fraction of sp³-hybridized carbons (Fsp3) is 0.818. The highest BCUT2D eigenvalue weighted by Crippen LogP contribution is 2.11. The number of hydrogen-bond donors (Lipinski definition) is 1. The van der Waals surface area contributed by atoms with Crippen molar-refractivity contribution in [2.75, 3.05) is 46.8 Å². The predicted octanol–water partition coefficient (Wildman–Crippen LogP) is -0.155. The number of hydrogen-bond acceptors (Lipinski definition) is 3. The maximum Gasteiger partial charge on any atom is 0.0574 e. The lowest BCUT2D eigenvalue weighted by Crippen LogP contribution is -2.34. The molecule has 0 spiro atoms. The average molecular weight is 195 g/mol. The molecule has 0 aromatic rings. The number of nitrogens with zero attached hydrogens (tertiary/aromatic N) is 2. The van der Waals surface area contributed by atoms with Crippen LogP contribution in [0, 0.1) is 12.3 Å². The first-order valence-corrected chi connectivity index (χ1v) is 5.27. The Morgan fingerprint density at radius 1 is 1.57 bits per heavy atom. The van der Waals surface area contributed by atoms with E-state index in [2.05, 4.69) is 35.1 Å². The third-order valence-electron chi connectivity index (χ3n) is 2.81. The molecule has 80 valence electrons. The van der Waals surface area contributed by atoms with E-state index in [4.69, 9.17) is 6.42 Å². The van der Waals surface area contributed by atoms with E-state index in [0.717, 1.165) is 19.1 Å². The zero-order chi connectivity index (χ0) is 10.4. The molecule has 1 rings (SSSR count). The molecule has 1 unspecified atom stereocenters. The van der Waals surface area contributed by atoms with Crippen LogP contribution in [0.4, 0.5) is 0 Å². The number of likely N-dealkylation sites (N-methyl/N-ethyl adjacent to an activating group) is 1. The highest BCUT2D eigenvalue weighted by atomic mass is 15.2. The molecule has 0 saturated carbocycles. The SMILES string of the molecule is C#CCNCCN1CCC(N(C)C)C1. The van der Waals surface area contributed by atoms with Gasteiger partial charge in [0, 0.05) is 25.7 Å². The van der Waals surface area contributed by atoms with Crippen molar-refractivity contribution in [2.45, 2.75) is 12.5 Å². The largest absolute Gasteiger partial charge is 0.305 e. The van der Waals surface area contributed by atoms with E-state index >= 15 is 0 Å². The molecule has 0 bridgehead atoms. The second-order valence-corrected chi connectivity index (χ2v) is 4.09. The first kappa shape index (κ1) is 11.5. The van der Waals surface area contributed by atoms with Crippen LogP contribution in [0.2, 0.25) is 0 Å². The van der Waals surface area contributed by atoms with Crippen LogP contribution >= 0.6 is 0 Å². The maximum absolute atomic E-state index is 5.15. The Bertz CT molecular complexity index is 195. The summed E-state index contributed by atoms with van der Waals surface area (Å²) in [4.78, 5) is 4.81. The van der Waals surface area contributed by atoms with Crippen molar-refractivity contribution in [3.63, 3.8) is 0 Å². The number of rotatable bonds is 5. The van der Waals surface area contributed by atoms with E-state index < -0.39 is 0 Å². The molecule has 0 aliphatic carbocycles. The molecular weight excluding hydrogens is 174 g/mol. The van der Waals surface area contributed by atoms with E-state index in [1.54, 1.807) is 0 Å². The highest BCUT2D eigenvalue weighted by Gasteiger charge is 2.22. The minimum atomic E-state index is 0.685. The highest BCUT2D eigenvalue weighted by molar-refractivity contribution is 4.87. The van der Waals surface area contributed by atoms with Gasteiger partial charge in [-0.15, -0.1) is 6.42 Å². The number of nitrogens with one attached hydrogen (secondary N) is 1. The Kier molecular flexibility index (Phi) is 4.95. The van der Waals surface area contributed by atoms with E-state index in [-0.39, 0.29) is 0 Å². The van der Waals surface area contributed by atoms with Crippen LogP contribution < -0.4 is 5.32 Å². The molecule has 1 atom stereocenters. The molecule has 1 heterocycles. The molecule has 14 heavy (non-hydrogen) atoms. The fourth-order valence-electron chi connectivity index (χ4n) is 1.83. The van der Waals surface area contributed by atoms with Gasteiger partial charge in [0.05, 0.1) is 6.54 Å². The number of likely N-dealkylation sites (tertiary alicyclic amines) is 1. The predicted molar refractivity (Wildman–Crippen MR) is 60.2 cm³/mol. The van der Waals surface area contributed by atoms with Gasteiger partial charge in [-0.2, -0.15) is 0 Å². The smallest absolute Gasteiger partial charge is 0.0574 e. The van der Waals surface area contributed by atoms with Crippen molar-refractivity contribution in [1.82, 2.24) is 15.1 Å². The summed E-state index contributed by atoms with van der Waals surface area (Å²) in [6.07, 6.45) is 6.45. The van der Waals surface area contributed by atoms with Gasteiger partial charge in [-0.25, -0.2) is 0 Å². The van der Waals surface area contributed by atoms with Gasteiger partial charge in [-0.1, -0.05) is 5.92 Å². The summed E-state index contributed by atoms with van der Waals surface area (Å²) in [7, 11) is 4.31. The lowest BCUT2D eigenvalue weighted by atomic mass is 10.2. The summed E-state index contributed by atoms with van der Waals surface area (Å²) >= 11 is 0. The van der Waals surface area contributed by atoms with E-state index in [1.165, 1.54) is 19.5 Å². The molecule has 1 aliphatic heterocycles. The van der Waals surface area contributed by atoms with Crippen molar-refractivity contribution in [1.29, 1.82) is 0 Å².